The number of carbonyl (C=O) groups is 2. The molecular weight excluding hydrogens is 672 g/mol. The number of hydrogen-bond donors (Lipinski definition) is 0. The minimum absolute atomic E-state index is 0.428. The molecule has 4 aliphatic heterocycles. The zero-order chi connectivity index (χ0) is 37.6. The van der Waals surface area contributed by atoms with Crippen molar-refractivity contribution in [3.8, 4) is 0 Å². The Hall–Kier alpha value is -1.82. The Morgan fingerprint density at radius 2 is 0.725 bits per heavy atom. The zero-order valence-corrected chi connectivity index (χ0v) is 32.3. The third-order valence-electron chi connectivity index (χ3n) is 8.40. The first-order valence-corrected chi connectivity index (χ1v) is 18.4. The van der Waals surface area contributed by atoms with E-state index < -0.39 is 71.8 Å². The van der Waals surface area contributed by atoms with E-state index in [1.807, 2.05) is 0 Å². The van der Waals surface area contributed by atoms with E-state index in [2.05, 4.69) is 0 Å². The van der Waals surface area contributed by atoms with Crippen LogP contribution in [0.4, 0.5) is 9.59 Å². The highest BCUT2D eigenvalue weighted by atomic mass is 17.0. The van der Waals surface area contributed by atoms with Crippen molar-refractivity contribution in [3.05, 3.63) is 0 Å². The van der Waals surface area contributed by atoms with Crippen molar-refractivity contribution in [2.24, 2.45) is 0 Å². The lowest BCUT2D eigenvalue weighted by molar-refractivity contribution is -0.518. The van der Waals surface area contributed by atoms with Gasteiger partial charge in [-0.15, -0.1) is 0 Å². The van der Waals surface area contributed by atoms with E-state index in [0.29, 0.717) is 65.0 Å². The topological polar surface area (TPSA) is 154 Å². The summed E-state index contributed by atoms with van der Waals surface area (Å²) < 4.78 is 80.0. The Balaban J connectivity index is 1.80. The summed E-state index contributed by atoms with van der Waals surface area (Å²) in [4.78, 5) is 27.1. The minimum atomic E-state index is -2.34. The number of ether oxygens (including phenoxy) is 13. The molecule has 0 saturated carbocycles. The largest absolute Gasteiger partial charge is 0.513 e. The molecule has 0 spiro atoms. The molecule has 51 heavy (non-hydrogen) atoms. The normalized spacial score (nSPS) is 27.6. The maximum absolute atomic E-state index is 13.6. The van der Waals surface area contributed by atoms with Crippen LogP contribution in [0.3, 0.4) is 0 Å². The highest BCUT2D eigenvalue weighted by Crippen LogP contribution is 2.46. The van der Waals surface area contributed by atoms with E-state index >= 15 is 0 Å². The van der Waals surface area contributed by atoms with Crippen molar-refractivity contribution in [1.29, 1.82) is 0 Å². The molecule has 4 saturated heterocycles. The van der Waals surface area contributed by atoms with Gasteiger partial charge in [0.2, 0.25) is 0 Å². The lowest BCUT2D eigenvalue weighted by atomic mass is 9.99. The van der Waals surface area contributed by atoms with Crippen LogP contribution in [0.2, 0.25) is 0 Å². The summed E-state index contributed by atoms with van der Waals surface area (Å²) in [7, 11) is 0. The Kier molecular flexibility index (Phi) is 14.1. The van der Waals surface area contributed by atoms with Crippen LogP contribution in [0.5, 0.6) is 0 Å². The molecule has 4 aliphatic rings. The molecule has 6 atom stereocenters. The van der Waals surface area contributed by atoms with Crippen LogP contribution in [0.15, 0.2) is 0 Å². The van der Waals surface area contributed by atoms with Crippen LogP contribution < -0.4 is 0 Å². The van der Waals surface area contributed by atoms with Crippen molar-refractivity contribution in [2.75, 3.05) is 26.4 Å². The average Bonchev–Trinajstić information content (AvgIpc) is 3.70. The molecule has 0 radical (unpaired) electrons. The predicted molar refractivity (Wildman–Crippen MR) is 179 cm³/mol. The fourth-order valence-corrected chi connectivity index (χ4v) is 6.07. The van der Waals surface area contributed by atoms with Crippen LogP contribution in [-0.4, -0.2) is 98.2 Å². The van der Waals surface area contributed by atoms with Gasteiger partial charge < -0.3 is 42.6 Å². The highest BCUT2D eigenvalue weighted by molar-refractivity contribution is 5.61. The summed E-state index contributed by atoms with van der Waals surface area (Å²) in [6, 6.07) is 0. The summed E-state index contributed by atoms with van der Waals surface area (Å²) in [5.41, 5.74) is -5.37. The second kappa shape index (κ2) is 17.1. The second-order valence-corrected chi connectivity index (χ2v) is 16.3. The van der Waals surface area contributed by atoms with Gasteiger partial charge in [-0.3, -0.25) is 18.9 Å². The molecule has 0 bridgehead atoms. The van der Waals surface area contributed by atoms with E-state index in [9.17, 15) is 9.59 Å². The van der Waals surface area contributed by atoms with E-state index in [-0.39, 0.29) is 0 Å². The van der Waals surface area contributed by atoms with Crippen molar-refractivity contribution in [2.45, 2.75) is 193 Å². The maximum Gasteiger partial charge on any atom is 0.513 e. The van der Waals surface area contributed by atoms with E-state index in [0.717, 1.165) is 25.7 Å². The van der Waals surface area contributed by atoms with Gasteiger partial charge >= 0.3 is 24.3 Å². The monoisotopic (exact) mass is 734 g/mol. The third-order valence-corrected chi connectivity index (χ3v) is 8.40. The van der Waals surface area contributed by atoms with Gasteiger partial charge in [0.1, 0.15) is 11.2 Å². The molecule has 0 aliphatic carbocycles. The first kappa shape index (κ1) is 41.9. The van der Waals surface area contributed by atoms with E-state index in [1.165, 1.54) is 0 Å². The molecular formula is C36H62O15. The molecule has 0 aromatic rings. The van der Waals surface area contributed by atoms with Crippen LogP contribution >= 0.6 is 0 Å². The van der Waals surface area contributed by atoms with Gasteiger partial charge in [0.25, 0.3) is 0 Å². The third kappa shape index (κ3) is 12.1. The van der Waals surface area contributed by atoms with Crippen molar-refractivity contribution in [1.82, 2.24) is 0 Å². The highest BCUT2D eigenvalue weighted by Gasteiger charge is 2.65. The van der Waals surface area contributed by atoms with Crippen LogP contribution in [0.1, 0.15) is 133 Å². The summed E-state index contributed by atoms with van der Waals surface area (Å²) in [6.07, 6.45) is 1.14. The molecule has 0 N–H and O–H groups in total. The molecule has 4 fully saturated rings. The summed E-state index contributed by atoms with van der Waals surface area (Å²) in [5.74, 6) is -4.68. The summed E-state index contributed by atoms with van der Waals surface area (Å²) in [6.45, 7) is 18.4. The van der Waals surface area contributed by atoms with Crippen LogP contribution in [0, 0.1) is 0 Å². The molecule has 0 aromatic carbocycles. The minimum Gasteiger partial charge on any atom is -0.428 e. The number of carbonyl (C=O) groups excluding carboxylic acids is 2. The summed E-state index contributed by atoms with van der Waals surface area (Å²) >= 11 is 0. The quantitative estimate of drug-likeness (QED) is 0.131. The van der Waals surface area contributed by atoms with Gasteiger partial charge in [-0.1, -0.05) is 0 Å². The van der Waals surface area contributed by atoms with Gasteiger partial charge in [0.05, 0.1) is 0 Å². The Morgan fingerprint density at radius 1 is 0.431 bits per heavy atom. The fraction of sp³-hybridized carbons (Fsp3) is 0.944. The standard InChI is InChI=1S/C36H62O15/c1-31(2,3)47-29(37)49-35(45-27-19-15-23-41-27,43-25-17-11-13-21-39-25)33(7,8)51-34(9,10)36(46-28-20-16-24-42-28,44-26-18-12-14-22-40-26)50-30(38)48-32(4,5)6/h25-28H,11-24H2,1-10H3. The Labute approximate surface area is 302 Å². The molecule has 15 heteroatoms. The van der Waals surface area contributed by atoms with Crippen LogP contribution in [-0.2, 0) is 61.6 Å². The average molecular weight is 735 g/mol. The lowest BCUT2D eigenvalue weighted by Crippen LogP contribution is -2.68. The van der Waals surface area contributed by atoms with E-state index in [1.54, 1.807) is 69.2 Å². The van der Waals surface area contributed by atoms with Crippen molar-refractivity contribution in [3.63, 3.8) is 0 Å². The first-order chi connectivity index (χ1) is 23.7. The van der Waals surface area contributed by atoms with Gasteiger partial charge in [-0.2, -0.15) is 0 Å². The zero-order valence-electron chi connectivity index (χ0n) is 32.3. The predicted octanol–water partition coefficient (Wildman–Crippen LogP) is 7.16. The van der Waals surface area contributed by atoms with Gasteiger partial charge in [-0.25, -0.2) is 9.59 Å². The van der Waals surface area contributed by atoms with Crippen LogP contribution in [0.25, 0.3) is 0 Å². The molecule has 6 unspecified atom stereocenters. The Bertz CT molecular complexity index is 1020. The lowest BCUT2D eigenvalue weighted by Gasteiger charge is -2.52. The second-order valence-electron chi connectivity index (χ2n) is 16.3. The molecule has 4 heterocycles. The first-order valence-electron chi connectivity index (χ1n) is 18.4. The number of hydrogen-bond acceptors (Lipinski definition) is 15. The summed E-state index contributed by atoms with van der Waals surface area (Å²) in [5, 5.41) is 0. The molecule has 15 nitrogen and oxygen atoms in total. The van der Waals surface area contributed by atoms with Crippen molar-refractivity contribution < 1.29 is 71.2 Å². The van der Waals surface area contributed by atoms with E-state index in [4.69, 9.17) is 61.6 Å². The molecule has 0 amide bonds. The van der Waals surface area contributed by atoms with Gasteiger partial charge in [0.15, 0.2) is 36.4 Å². The number of rotatable bonds is 14. The fourth-order valence-electron chi connectivity index (χ4n) is 6.07. The van der Waals surface area contributed by atoms with Crippen molar-refractivity contribution >= 4 is 12.3 Å². The smallest absolute Gasteiger partial charge is 0.428 e. The molecule has 0 aromatic heterocycles. The van der Waals surface area contributed by atoms with Gasteiger partial charge in [-0.05, 0) is 121 Å². The van der Waals surface area contributed by atoms with Gasteiger partial charge in [0, 0.05) is 39.3 Å². The Morgan fingerprint density at radius 3 is 0.961 bits per heavy atom. The SMILES string of the molecule is CC(C)(C)OC(=O)OC(OC1CCCCO1)(OC1CCCO1)C(C)(C)OC(C)(C)C(OC(=O)OC(C)(C)C)(OC1CCCCO1)OC1CCCO1. The maximum atomic E-state index is 13.6. The molecule has 296 valence electrons. The molecule has 4 rings (SSSR count).